The van der Waals surface area contributed by atoms with Crippen molar-refractivity contribution in [2.24, 2.45) is 0 Å². The van der Waals surface area contributed by atoms with Crippen molar-refractivity contribution in [1.29, 1.82) is 0 Å². The maximum absolute atomic E-state index is 13.0. The zero-order chi connectivity index (χ0) is 19.9. The SMILES string of the molecule is COc1cn(CC(=O)NCc2ccc(F)cc2)c(CN2CCOCC2)cc1=O. The summed E-state index contributed by atoms with van der Waals surface area (Å²) in [5.41, 5.74) is 1.33. The Hall–Kier alpha value is -2.71. The summed E-state index contributed by atoms with van der Waals surface area (Å²) in [6.45, 7) is 3.76. The molecule has 1 N–H and O–H groups in total. The number of rotatable bonds is 7. The number of halogens is 1. The third-order valence-electron chi connectivity index (χ3n) is 4.61. The van der Waals surface area contributed by atoms with Crippen molar-refractivity contribution in [2.75, 3.05) is 33.4 Å². The zero-order valence-electron chi connectivity index (χ0n) is 15.8. The highest BCUT2D eigenvalue weighted by atomic mass is 19.1. The Morgan fingerprint density at radius 3 is 2.64 bits per heavy atom. The molecule has 0 bridgehead atoms. The van der Waals surface area contributed by atoms with E-state index in [0.717, 1.165) is 24.3 Å². The van der Waals surface area contributed by atoms with Crippen LogP contribution in [0.15, 0.2) is 41.3 Å². The molecule has 1 aromatic heterocycles. The Morgan fingerprint density at radius 2 is 1.96 bits per heavy atom. The molecule has 2 heterocycles. The van der Waals surface area contributed by atoms with Gasteiger partial charge in [0.2, 0.25) is 11.3 Å². The van der Waals surface area contributed by atoms with Gasteiger partial charge >= 0.3 is 0 Å². The molecule has 3 rings (SSSR count). The standard InChI is InChI=1S/C20H24FN3O4/c1-27-19-13-24(14-20(26)22-11-15-2-4-16(21)5-3-15)17(10-18(19)25)12-23-6-8-28-9-7-23/h2-5,10,13H,6-9,11-12,14H2,1H3,(H,22,26). The lowest BCUT2D eigenvalue weighted by Gasteiger charge is -2.27. The minimum absolute atomic E-state index is 0.0531. The lowest BCUT2D eigenvalue weighted by Crippen LogP contribution is -2.37. The highest BCUT2D eigenvalue weighted by Gasteiger charge is 2.16. The molecule has 0 spiro atoms. The zero-order valence-corrected chi connectivity index (χ0v) is 15.8. The smallest absolute Gasteiger partial charge is 0.240 e. The summed E-state index contributed by atoms with van der Waals surface area (Å²) in [5.74, 6) is -0.335. The van der Waals surface area contributed by atoms with Crippen LogP contribution in [0.3, 0.4) is 0 Å². The predicted octanol–water partition coefficient (Wildman–Crippen LogP) is 1.14. The number of aromatic nitrogens is 1. The van der Waals surface area contributed by atoms with Gasteiger partial charge < -0.3 is 19.4 Å². The Bertz CT molecular complexity index is 861. The van der Waals surface area contributed by atoms with Gasteiger partial charge in [-0.3, -0.25) is 14.5 Å². The fraction of sp³-hybridized carbons (Fsp3) is 0.400. The number of nitrogens with one attached hydrogen (secondary N) is 1. The second-order valence-corrected chi connectivity index (χ2v) is 6.62. The van der Waals surface area contributed by atoms with Crippen LogP contribution in [0.4, 0.5) is 4.39 Å². The molecule has 1 aliphatic rings. The van der Waals surface area contributed by atoms with Crippen LogP contribution in [-0.4, -0.2) is 48.8 Å². The molecule has 1 aromatic carbocycles. The quantitative estimate of drug-likeness (QED) is 0.769. The predicted molar refractivity (Wildman–Crippen MR) is 102 cm³/mol. The first kappa shape index (κ1) is 20.0. The first-order chi connectivity index (χ1) is 13.5. The maximum atomic E-state index is 13.0. The van der Waals surface area contributed by atoms with Gasteiger partial charge in [0.1, 0.15) is 12.4 Å². The van der Waals surface area contributed by atoms with Gasteiger partial charge in [-0.25, -0.2) is 4.39 Å². The summed E-state index contributed by atoms with van der Waals surface area (Å²) in [4.78, 5) is 26.8. The fourth-order valence-corrected chi connectivity index (χ4v) is 3.03. The number of morpholine rings is 1. The van der Waals surface area contributed by atoms with E-state index in [0.29, 0.717) is 26.3 Å². The van der Waals surface area contributed by atoms with Crippen LogP contribution in [0.5, 0.6) is 5.75 Å². The van der Waals surface area contributed by atoms with E-state index in [1.165, 1.54) is 25.3 Å². The molecule has 1 fully saturated rings. The number of carbonyl (C=O) groups excluding carboxylic acids is 1. The lowest BCUT2D eigenvalue weighted by atomic mass is 10.2. The van der Waals surface area contributed by atoms with E-state index < -0.39 is 0 Å². The van der Waals surface area contributed by atoms with Crippen LogP contribution in [0.1, 0.15) is 11.3 Å². The molecular formula is C20H24FN3O4. The van der Waals surface area contributed by atoms with Gasteiger partial charge in [0, 0.05) is 37.9 Å². The van der Waals surface area contributed by atoms with Gasteiger partial charge in [-0.15, -0.1) is 0 Å². The third-order valence-corrected chi connectivity index (χ3v) is 4.61. The average molecular weight is 389 g/mol. The second-order valence-electron chi connectivity index (χ2n) is 6.62. The van der Waals surface area contributed by atoms with Crippen molar-refractivity contribution >= 4 is 5.91 Å². The van der Waals surface area contributed by atoms with Gasteiger partial charge in [0.15, 0.2) is 5.75 Å². The number of pyridine rings is 1. The average Bonchev–Trinajstić information content (AvgIpc) is 2.70. The van der Waals surface area contributed by atoms with Crippen LogP contribution in [0.25, 0.3) is 0 Å². The molecule has 0 saturated carbocycles. The number of hydrogen-bond acceptors (Lipinski definition) is 5. The summed E-state index contributed by atoms with van der Waals surface area (Å²) in [6, 6.07) is 7.48. The fourth-order valence-electron chi connectivity index (χ4n) is 3.03. The molecule has 0 aliphatic carbocycles. The Labute approximate surface area is 162 Å². The van der Waals surface area contributed by atoms with Crippen LogP contribution in [0.2, 0.25) is 0 Å². The van der Waals surface area contributed by atoms with Gasteiger partial charge in [-0.05, 0) is 17.7 Å². The minimum atomic E-state index is -0.316. The monoisotopic (exact) mass is 389 g/mol. The molecule has 0 atom stereocenters. The van der Waals surface area contributed by atoms with E-state index in [4.69, 9.17) is 9.47 Å². The van der Waals surface area contributed by atoms with Gasteiger partial charge in [0.05, 0.1) is 26.5 Å². The molecular weight excluding hydrogens is 365 g/mol. The van der Waals surface area contributed by atoms with E-state index in [-0.39, 0.29) is 29.4 Å². The van der Waals surface area contributed by atoms with Gasteiger partial charge in [-0.1, -0.05) is 12.1 Å². The van der Waals surface area contributed by atoms with Crippen LogP contribution >= 0.6 is 0 Å². The number of carbonyl (C=O) groups is 1. The summed E-state index contributed by atoms with van der Waals surface area (Å²) < 4.78 is 25.2. The van der Waals surface area contributed by atoms with Crippen molar-refractivity contribution in [3.05, 3.63) is 63.8 Å². The minimum Gasteiger partial charge on any atom is -0.491 e. The molecule has 2 aromatic rings. The lowest BCUT2D eigenvalue weighted by molar-refractivity contribution is -0.121. The van der Waals surface area contributed by atoms with Crippen LogP contribution in [0, 0.1) is 5.82 Å². The Morgan fingerprint density at radius 1 is 1.25 bits per heavy atom. The first-order valence-electron chi connectivity index (χ1n) is 9.14. The van der Waals surface area contributed by atoms with Crippen molar-refractivity contribution in [2.45, 2.75) is 19.6 Å². The molecule has 1 saturated heterocycles. The Balaban J connectivity index is 1.70. The number of methoxy groups -OCH3 is 1. The number of ether oxygens (including phenoxy) is 2. The Kier molecular flexibility index (Phi) is 6.78. The van der Waals surface area contributed by atoms with E-state index in [1.54, 1.807) is 22.9 Å². The maximum Gasteiger partial charge on any atom is 0.240 e. The van der Waals surface area contributed by atoms with Crippen LogP contribution in [-0.2, 0) is 29.2 Å². The topological polar surface area (TPSA) is 72.8 Å². The first-order valence-corrected chi connectivity index (χ1v) is 9.14. The normalized spacial score (nSPS) is 14.6. The molecule has 7 nitrogen and oxygen atoms in total. The largest absolute Gasteiger partial charge is 0.491 e. The number of amides is 1. The van der Waals surface area contributed by atoms with Crippen molar-refractivity contribution in [3.8, 4) is 5.75 Å². The molecule has 0 unspecified atom stereocenters. The van der Waals surface area contributed by atoms with Crippen molar-refractivity contribution in [1.82, 2.24) is 14.8 Å². The summed E-state index contributed by atoms with van der Waals surface area (Å²) in [5, 5.41) is 2.82. The second kappa shape index (κ2) is 9.48. The molecule has 150 valence electrons. The molecule has 1 amide bonds. The highest BCUT2D eigenvalue weighted by molar-refractivity contribution is 5.75. The highest BCUT2D eigenvalue weighted by Crippen LogP contribution is 2.11. The van der Waals surface area contributed by atoms with Gasteiger partial charge in [-0.2, -0.15) is 0 Å². The summed E-state index contributed by atoms with van der Waals surface area (Å²) >= 11 is 0. The van der Waals surface area contributed by atoms with E-state index in [1.807, 2.05) is 0 Å². The summed E-state index contributed by atoms with van der Waals surface area (Å²) in [6.07, 6.45) is 1.57. The molecule has 0 radical (unpaired) electrons. The molecule has 28 heavy (non-hydrogen) atoms. The number of hydrogen-bond donors (Lipinski definition) is 1. The van der Waals surface area contributed by atoms with Gasteiger partial charge in [0.25, 0.3) is 0 Å². The third kappa shape index (κ3) is 5.40. The molecule has 1 aliphatic heterocycles. The molecule has 8 heteroatoms. The summed E-state index contributed by atoms with van der Waals surface area (Å²) in [7, 11) is 1.43. The van der Waals surface area contributed by atoms with E-state index >= 15 is 0 Å². The van der Waals surface area contributed by atoms with Crippen molar-refractivity contribution in [3.63, 3.8) is 0 Å². The van der Waals surface area contributed by atoms with Crippen molar-refractivity contribution < 1.29 is 18.7 Å². The van der Waals surface area contributed by atoms with Crippen LogP contribution < -0.4 is 15.5 Å². The van der Waals surface area contributed by atoms with E-state index in [2.05, 4.69) is 10.2 Å². The van der Waals surface area contributed by atoms with E-state index in [9.17, 15) is 14.0 Å². The number of nitrogens with zero attached hydrogens (tertiary/aromatic N) is 2. The number of benzene rings is 1.